The number of likely N-dealkylation sites (N-methyl/N-ethyl adjacent to an activating group) is 1. The minimum atomic E-state index is -3.44. The predicted octanol–water partition coefficient (Wildman–Crippen LogP) is -1.18. The van der Waals surface area contributed by atoms with E-state index in [1.165, 1.54) is 8.61 Å². The molecule has 0 amide bonds. The third kappa shape index (κ3) is 2.62. The van der Waals surface area contributed by atoms with Crippen molar-refractivity contribution >= 4 is 21.7 Å². The van der Waals surface area contributed by atoms with Gasteiger partial charge in [0.05, 0.1) is 19.3 Å². The molecule has 2 aromatic rings. The molecule has 4 heterocycles. The van der Waals surface area contributed by atoms with Crippen LogP contribution in [0.5, 0.6) is 0 Å². The fraction of sp³-hybridized carbons (Fsp3) is 0.615. The average Bonchev–Trinajstić information content (AvgIpc) is 3.02. The molecule has 0 radical (unpaired) electrons. The van der Waals surface area contributed by atoms with E-state index in [9.17, 15) is 8.42 Å². The normalized spacial score (nSPS) is 20.7. The van der Waals surface area contributed by atoms with Gasteiger partial charge in [-0.2, -0.15) is 21.5 Å². The Hall–Kier alpha value is -1.82. The quantitative estimate of drug-likeness (QED) is 0.683. The minimum Gasteiger partial charge on any atom is -0.379 e. The zero-order chi connectivity index (χ0) is 16.7. The molecule has 0 aliphatic carbocycles. The number of rotatable bonds is 4. The van der Waals surface area contributed by atoms with Crippen LogP contribution in [0.3, 0.4) is 0 Å². The Balaban J connectivity index is 1.42. The van der Waals surface area contributed by atoms with E-state index in [-0.39, 0.29) is 6.04 Å². The number of hydrogen-bond donors (Lipinski definition) is 0. The van der Waals surface area contributed by atoms with Crippen molar-refractivity contribution < 1.29 is 13.2 Å². The van der Waals surface area contributed by atoms with Crippen LogP contribution < -0.4 is 4.90 Å². The predicted molar refractivity (Wildman–Crippen MR) is 85.9 cm³/mol. The van der Waals surface area contributed by atoms with Crippen molar-refractivity contribution in [2.24, 2.45) is 0 Å². The van der Waals surface area contributed by atoms with Crippen molar-refractivity contribution in [1.29, 1.82) is 0 Å². The standard InChI is InChI=1S/C13H19N7O3S/c1-17(24(21,22)19-4-6-23-7-5-19)11-8-18(9-11)13-3-2-12-15-14-10-20(12)16-13/h2-3,10-11H,4-9H2,1H3. The van der Waals surface area contributed by atoms with E-state index < -0.39 is 10.2 Å². The van der Waals surface area contributed by atoms with Crippen LogP contribution in [0.25, 0.3) is 5.65 Å². The summed E-state index contributed by atoms with van der Waals surface area (Å²) in [5.74, 6) is 0.788. The monoisotopic (exact) mass is 353 g/mol. The van der Waals surface area contributed by atoms with Crippen molar-refractivity contribution in [3.05, 3.63) is 18.5 Å². The van der Waals surface area contributed by atoms with Gasteiger partial charge in [-0.05, 0) is 12.1 Å². The molecular weight excluding hydrogens is 334 g/mol. The van der Waals surface area contributed by atoms with Crippen LogP contribution in [0.2, 0.25) is 0 Å². The first-order valence-corrected chi connectivity index (χ1v) is 9.18. The first-order valence-electron chi connectivity index (χ1n) is 7.78. The molecule has 0 aromatic carbocycles. The second-order valence-electron chi connectivity index (χ2n) is 5.92. The van der Waals surface area contributed by atoms with E-state index in [4.69, 9.17) is 4.74 Å². The Labute approximate surface area is 139 Å². The number of nitrogens with zero attached hydrogens (tertiary/aromatic N) is 7. The Bertz CT molecular complexity index is 827. The zero-order valence-electron chi connectivity index (χ0n) is 13.3. The molecule has 2 aliphatic rings. The summed E-state index contributed by atoms with van der Waals surface area (Å²) in [5, 5.41) is 12.1. The van der Waals surface area contributed by atoms with Crippen LogP contribution in [0.1, 0.15) is 0 Å². The summed E-state index contributed by atoms with van der Waals surface area (Å²) in [6.45, 7) is 2.95. The highest BCUT2D eigenvalue weighted by Crippen LogP contribution is 2.24. The summed E-state index contributed by atoms with van der Waals surface area (Å²) in [6, 6.07) is 3.66. The van der Waals surface area contributed by atoms with E-state index in [1.54, 1.807) is 17.9 Å². The number of hydrogen-bond acceptors (Lipinski definition) is 7. The number of anilines is 1. The van der Waals surface area contributed by atoms with Crippen LogP contribution in [0.15, 0.2) is 18.5 Å². The fourth-order valence-corrected chi connectivity index (χ4v) is 4.39. The molecule has 2 fully saturated rings. The largest absolute Gasteiger partial charge is 0.379 e. The molecule has 0 spiro atoms. The Morgan fingerprint density at radius 3 is 2.75 bits per heavy atom. The van der Waals surface area contributed by atoms with E-state index in [2.05, 4.69) is 15.3 Å². The first kappa shape index (κ1) is 15.7. The van der Waals surface area contributed by atoms with Gasteiger partial charge in [-0.1, -0.05) is 0 Å². The molecule has 2 saturated heterocycles. The number of ether oxygens (including phenoxy) is 1. The van der Waals surface area contributed by atoms with Gasteiger partial charge in [0.1, 0.15) is 12.1 Å². The zero-order valence-corrected chi connectivity index (χ0v) is 14.1. The minimum absolute atomic E-state index is 0.0590. The molecule has 0 saturated carbocycles. The molecule has 11 heteroatoms. The topological polar surface area (TPSA) is 96.2 Å². The third-order valence-corrected chi connectivity index (χ3v) is 6.55. The molecule has 0 unspecified atom stereocenters. The van der Waals surface area contributed by atoms with Crippen LogP contribution >= 0.6 is 0 Å². The number of morpholine rings is 1. The maximum absolute atomic E-state index is 12.6. The average molecular weight is 353 g/mol. The van der Waals surface area contributed by atoms with Crippen molar-refractivity contribution in [1.82, 2.24) is 28.4 Å². The van der Waals surface area contributed by atoms with Crippen molar-refractivity contribution in [2.45, 2.75) is 6.04 Å². The molecule has 2 aliphatic heterocycles. The van der Waals surface area contributed by atoms with Crippen LogP contribution in [-0.2, 0) is 14.9 Å². The lowest BCUT2D eigenvalue weighted by Gasteiger charge is -2.45. The lowest BCUT2D eigenvalue weighted by molar-refractivity contribution is 0.0695. The lowest BCUT2D eigenvalue weighted by Crippen LogP contribution is -2.62. The van der Waals surface area contributed by atoms with Gasteiger partial charge in [-0.3, -0.25) is 0 Å². The van der Waals surface area contributed by atoms with E-state index in [0.29, 0.717) is 45.0 Å². The summed E-state index contributed by atoms with van der Waals surface area (Å²) >= 11 is 0. The molecule has 10 nitrogen and oxygen atoms in total. The summed E-state index contributed by atoms with van der Waals surface area (Å²) < 4.78 is 35.1. The SMILES string of the molecule is CN(C1CN(c2ccc3nncn3n2)C1)S(=O)(=O)N1CCOCC1. The first-order chi connectivity index (χ1) is 11.6. The van der Waals surface area contributed by atoms with Gasteiger partial charge in [-0.15, -0.1) is 15.3 Å². The molecule has 24 heavy (non-hydrogen) atoms. The number of fused-ring (bicyclic) bond motifs is 1. The molecule has 0 N–H and O–H groups in total. The highest BCUT2D eigenvalue weighted by Gasteiger charge is 2.39. The van der Waals surface area contributed by atoms with Crippen molar-refractivity contribution in [3.63, 3.8) is 0 Å². The molecule has 2 aromatic heterocycles. The van der Waals surface area contributed by atoms with Gasteiger partial charge >= 0.3 is 0 Å². The van der Waals surface area contributed by atoms with Gasteiger partial charge in [-0.25, -0.2) is 0 Å². The van der Waals surface area contributed by atoms with E-state index in [0.717, 1.165) is 5.82 Å². The van der Waals surface area contributed by atoms with Gasteiger partial charge < -0.3 is 9.64 Å². The summed E-state index contributed by atoms with van der Waals surface area (Å²) in [7, 11) is -1.80. The molecular formula is C13H19N7O3S. The second kappa shape index (κ2) is 5.92. The Kier molecular flexibility index (Phi) is 3.87. The number of aromatic nitrogens is 4. The molecule has 130 valence electrons. The molecule has 0 atom stereocenters. The van der Waals surface area contributed by atoms with Crippen molar-refractivity contribution in [2.75, 3.05) is 51.3 Å². The molecule has 4 rings (SSSR count). The molecule has 0 bridgehead atoms. The van der Waals surface area contributed by atoms with Gasteiger partial charge in [0.25, 0.3) is 10.2 Å². The smallest absolute Gasteiger partial charge is 0.282 e. The maximum atomic E-state index is 12.6. The summed E-state index contributed by atoms with van der Waals surface area (Å²) in [5.41, 5.74) is 0.683. The van der Waals surface area contributed by atoms with Gasteiger partial charge in [0, 0.05) is 33.2 Å². The lowest BCUT2D eigenvalue weighted by atomic mass is 10.1. The van der Waals surface area contributed by atoms with E-state index in [1.807, 2.05) is 17.0 Å². The Morgan fingerprint density at radius 2 is 2.00 bits per heavy atom. The third-order valence-electron chi connectivity index (χ3n) is 4.51. The van der Waals surface area contributed by atoms with E-state index >= 15 is 0 Å². The highest BCUT2D eigenvalue weighted by molar-refractivity contribution is 7.86. The summed E-state index contributed by atoms with van der Waals surface area (Å²) in [4.78, 5) is 2.04. The summed E-state index contributed by atoms with van der Waals surface area (Å²) in [6.07, 6.45) is 1.55. The van der Waals surface area contributed by atoms with Crippen LogP contribution in [-0.4, -0.2) is 89.3 Å². The van der Waals surface area contributed by atoms with Gasteiger partial charge in [0.2, 0.25) is 0 Å². The Morgan fingerprint density at radius 1 is 1.25 bits per heavy atom. The second-order valence-corrected chi connectivity index (χ2v) is 7.91. The van der Waals surface area contributed by atoms with Crippen LogP contribution in [0.4, 0.5) is 5.82 Å². The fourth-order valence-electron chi connectivity index (χ4n) is 2.91. The van der Waals surface area contributed by atoms with Crippen molar-refractivity contribution in [3.8, 4) is 0 Å². The van der Waals surface area contributed by atoms with Gasteiger partial charge in [0.15, 0.2) is 5.65 Å². The van der Waals surface area contributed by atoms with Crippen LogP contribution in [0, 0.1) is 0 Å². The maximum Gasteiger partial charge on any atom is 0.282 e. The highest BCUT2D eigenvalue weighted by atomic mass is 32.2.